The molecule has 1 atom stereocenters. The van der Waals surface area contributed by atoms with Gasteiger partial charge in [0.2, 0.25) is 0 Å². The molecule has 4 nitrogen and oxygen atoms in total. The molecule has 62 valence electrons. The Bertz CT molecular complexity index is 109. The van der Waals surface area contributed by atoms with Crippen molar-refractivity contribution in [3.8, 4) is 0 Å². The fourth-order valence-electron chi connectivity index (χ4n) is 1.07. The summed E-state index contributed by atoms with van der Waals surface area (Å²) in [5.74, 6) is 0. The van der Waals surface area contributed by atoms with Crippen LogP contribution in [0.1, 0.15) is 6.42 Å². The van der Waals surface area contributed by atoms with Crippen molar-refractivity contribution in [1.29, 1.82) is 0 Å². The van der Waals surface area contributed by atoms with Gasteiger partial charge in [-0.3, -0.25) is 9.11 Å². The molecule has 1 saturated heterocycles. The molecule has 1 aliphatic rings. The maximum atomic E-state index is 8.98. The summed E-state index contributed by atoms with van der Waals surface area (Å²) < 4.78 is 20.7. The normalized spacial score (nSPS) is 28.9. The van der Waals surface area contributed by atoms with Crippen molar-refractivity contribution in [2.75, 3.05) is 19.3 Å². The molecular formula is C5H14N2O2S. The zero-order valence-electron chi connectivity index (χ0n) is 6.00. The van der Waals surface area contributed by atoms with Gasteiger partial charge in [-0.25, -0.2) is 4.72 Å². The monoisotopic (exact) mass is 166 g/mol. The van der Waals surface area contributed by atoms with E-state index in [1.54, 1.807) is 0 Å². The Balaban J connectivity index is 2.24. The largest absolute Gasteiger partial charge is 0.315 e. The minimum atomic E-state index is -2.50. The third-order valence-corrected chi connectivity index (χ3v) is 2.23. The highest BCUT2D eigenvalue weighted by atomic mass is 32.3. The van der Waals surface area contributed by atoms with Crippen molar-refractivity contribution in [2.24, 2.45) is 0 Å². The molecule has 1 fully saturated rings. The lowest BCUT2D eigenvalue weighted by atomic mass is 10.3. The van der Waals surface area contributed by atoms with Crippen molar-refractivity contribution < 1.29 is 9.11 Å². The topological polar surface area (TPSA) is 64.5 Å². The highest BCUT2D eigenvalue weighted by Gasteiger charge is 2.17. The molecule has 1 rings (SSSR count). The van der Waals surface area contributed by atoms with E-state index in [9.17, 15) is 0 Å². The van der Waals surface area contributed by atoms with Gasteiger partial charge in [0.25, 0.3) is 0 Å². The second-order valence-corrected chi connectivity index (χ2v) is 4.54. The Labute approximate surface area is 62.5 Å². The molecule has 0 aromatic carbocycles. The minimum absolute atomic E-state index is 0.231. The quantitative estimate of drug-likeness (QED) is 0.474. The summed E-state index contributed by atoms with van der Waals surface area (Å²) in [6.07, 6.45) is 2.38. The van der Waals surface area contributed by atoms with Gasteiger partial charge in [-0.2, -0.15) is 0 Å². The summed E-state index contributed by atoms with van der Waals surface area (Å²) in [5, 5.41) is 3.12. The van der Waals surface area contributed by atoms with E-state index in [0.29, 0.717) is 0 Å². The van der Waals surface area contributed by atoms with E-state index in [4.69, 9.17) is 9.11 Å². The number of hydrogen-bond donors (Lipinski definition) is 4. The summed E-state index contributed by atoms with van der Waals surface area (Å²) in [4.78, 5) is 0. The van der Waals surface area contributed by atoms with Crippen molar-refractivity contribution in [2.45, 2.75) is 12.5 Å². The Morgan fingerprint density at radius 1 is 1.60 bits per heavy atom. The van der Waals surface area contributed by atoms with E-state index in [-0.39, 0.29) is 6.04 Å². The van der Waals surface area contributed by atoms with Crippen molar-refractivity contribution >= 4 is 10.8 Å². The SMILES string of the molecule is CS(O)(O)NC1CCNC1. The van der Waals surface area contributed by atoms with Gasteiger partial charge >= 0.3 is 0 Å². The lowest BCUT2D eigenvalue weighted by Gasteiger charge is -2.30. The van der Waals surface area contributed by atoms with Crippen LogP contribution >= 0.6 is 10.8 Å². The maximum Gasteiger partial charge on any atom is 0.0416 e. The highest BCUT2D eigenvalue weighted by Crippen LogP contribution is 2.28. The molecule has 0 saturated carbocycles. The Hall–Kier alpha value is 0.190. The summed E-state index contributed by atoms with van der Waals surface area (Å²) in [5.41, 5.74) is 0. The van der Waals surface area contributed by atoms with Crippen LogP contribution in [0.4, 0.5) is 0 Å². The second-order valence-electron chi connectivity index (χ2n) is 2.64. The first-order chi connectivity index (χ1) is 4.58. The van der Waals surface area contributed by atoms with Crippen molar-refractivity contribution in [3.05, 3.63) is 0 Å². The third-order valence-electron chi connectivity index (χ3n) is 1.45. The van der Waals surface area contributed by atoms with Gasteiger partial charge in [-0.05, 0) is 13.0 Å². The summed E-state index contributed by atoms with van der Waals surface area (Å²) in [6.45, 7) is 1.80. The smallest absolute Gasteiger partial charge is 0.0416 e. The summed E-state index contributed by atoms with van der Waals surface area (Å²) in [6, 6.07) is 0.231. The van der Waals surface area contributed by atoms with Gasteiger partial charge in [0, 0.05) is 18.8 Å². The van der Waals surface area contributed by atoms with E-state index in [1.165, 1.54) is 6.26 Å². The lowest BCUT2D eigenvalue weighted by Crippen LogP contribution is -2.32. The van der Waals surface area contributed by atoms with Gasteiger partial charge in [0.1, 0.15) is 0 Å². The molecule has 0 radical (unpaired) electrons. The first-order valence-corrected chi connectivity index (χ1v) is 5.24. The van der Waals surface area contributed by atoms with Gasteiger partial charge < -0.3 is 5.32 Å². The molecule has 0 aliphatic carbocycles. The van der Waals surface area contributed by atoms with Crippen LogP contribution in [-0.4, -0.2) is 34.5 Å². The first kappa shape index (κ1) is 8.29. The van der Waals surface area contributed by atoms with Crippen LogP contribution in [0, 0.1) is 0 Å². The number of hydrogen-bond acceptors (Lipinski definition) is 4. The fraction of sp³-hybridized carbons (Fsp3) is 1.00. The third kappa shape index (κ3) is 2.85. The lowest BCUT2D eigenvalue weighted by molar-refractivity contribution is 0.464. The molecular weight excluding hydrogens is 152 g/mol. The summed E-state index contributed by atoms with van der Waals surface area (Å²) in [7, 11) is -2.50. The molecule has 1 heterocycles. The van der Waals surface area contributed by atoms with E-state index < -0.39 is 10.8 Å². The van der Waals surface area contributed by atoms with Crippen LogP contribution in [-0.2, 0) is 0 Å². The van der Waals surface area contributed by atoms with Crippen LogP contribution in [0.2, 0.25) is 0 Å². The molecule has 10 heavy (non-hydrogen) atoms. The predicted molar refractivity (Wildman–Crippen MR) is 43.2 cm³/mol. The number of rotatable bonds is 2. The van der Waals surface area contributed by atoms with E-state index in [2.05, 4.69) is 10.0 Å². The van der Waals surface area contributed by atoms with Crippen LogP contribution in [0.15, 0.2) is 0 Å². The highest BCUT2D eigenvalue weighted by molar-refractivity contribution is 8.22. The van der Waals surface area contributed by atoms with Crippen LogP contribution in [0.25, 0.3) is 0 Å². The fourth-order valence-corrected chi connectivity index (χ4v) is 1.90. The second kappa shape index (κ2) is 3.06. The molecule has 5 heteroatoms. The van der Waals surface area contributed by atoms with E-state index in [0.717, 1.165) is 19.5 Å². The molecule has 1 unspecified atom stereocenters. The molecule has 0 spiro atoms. The Kier molecular flexibility index (Phi) is 2.54. The maximum absolute atomic E-state index is 8.98. The molecule has 0 aromatic rings. The average Bonchev–Trinajstić information content (AvgIpc) is 2.12. The minimum Gasteiger partial charge on any atom is -0.315 e. The molecule has 1 aliphatic heterocycles. The predicted octanol–water partition coefficient (Wildman–Crippen LogP) is 0.233. The van der Waals surface area contributed by atoms with Crippen LogP contribution in [0.5, 0.6) is 0 Å². The van der Waals surface area contributed by atoms with E-state index >= 15 is 0 Å². The Morgan fingerprint density at radius 3 is 2.70 bits per heavy atom. The van der Waals surface area contributed by atoms with Crippen LogP contribution < -0.4 is 10.0 Å². The van der Waals surface area contributed by atoms with Gasteiger partial charge in [0.05, 0.1) is 0 Å². The Morgan fingerprint density at radius 2 is 2.30 bits per heavy atom. The standard InChI is InChI=1S/C5H14N2O2S/c1-10(8,9)7-5-2-3-6-4-5/h5-9H,2-4H2,1H3. The first-order valence-electron chi connectivity index (χ1n) is 3.29. The molecule has 0 amide bonds. The zero-order valence-corrected chi connectivity index (χ0v) is 6.82. The zero-order chi connectivity index (χ0) is 7.61. The molecule has 0 bridgehead atoms. The van der Waals surface area contributed by atoms with Crippen molar-refractivity contribution in [3.63, 3.8) is 0 Å². The number of nitrogens with one attached hydrogen (secondary N) is 2. The van der Waals surface area contributed by atoms with Gasteiger partial charge in [-0.15, -0.1) is 10.8 Å². The molecule has 0 aromatic heterocycles. The van der Waals surface area contributed by atoms with Gasteiger partial charge in [-0.1, -0.05) is 0 Å². The van der Waals surface area contributed by atoms with Gasteiger partial charge in [0.15, 0.2) is 0 Å². The van der Waals surface area contributed by atoms with E-state index in [1.807, 2.05) is 0 Å². The average molecular weight is 166 g/mol. The van der Waals surface area contributed by atoms with Crippen molar-refractivity contribution in [1.82, 2.24) is 10.0 Å². The summed E-state index contributed by atoms with van der Waals surface area (Å²) >= 11 is 0. The molecule has 4 N–H and O–H groups in total. The van der Waals surface area contributed by atoms with Crippen LogP contribution in [0.3, 0.4) is 0 Å².